The van der Waals surface area contributed by atoms with Gasteiger partial charge in [-0.15, -0.1) is 0 Å². The second-order valence-corrected chi connectivity index (χ2v) is 5.12. The van der Waals surface area contributed by atoms with E-state index >= 15 is 0 Å². The minimum Gasteiger partial charge on any atom is -0.507 e. The van der Waals surface area contributed by atoms with E-state index in [0.717, 1.165) is 0 Å². The number of halogens is 1. The van der Waals surface area contributed by atoms with Crippen LogP contribution in [0.4, 0.5) is 0 Å². The molecule has 0 saturated carbocycles. The zero-order valence-electron chi connectivity index (χ0n) is 12.4. The van der Waals surface area contributed by atoms with Crippen molar-refractivity contribution in [2.45, 2.75) is 0 Å². The molecule has 7 nitrogen and oxygen atoms in total. The Balaban J connectivity index is 1.95. The van der Waals surface area contributed by atoms with Crippen molar-refractivity contribution in [3.63, 3.8) is 0 Å². The Labute approximate surface area is 142 Å². The summed E-state index contributed by atoms with van der Waals surface area (Å²) in [5, 5.41) is 13.7. The first-order chi connectivity index (χ1) is 11.5. The molecule has 2 aromatic carbocycles. The molecule has 0 aliphatic rings. The molecule has 0 saturated heterocycles. The Hall–Kier alpha value is -3.06. The largest absolute Gasteiger partial charge is 0.507 e. The van der Waals surface area contributed by atoms with E-state index in [1.807, 2.05) is 0 Å². The number of nitrogens with one attached hydrogen (secondary N) is 1. The van der Waals surface area contributed by atoms with Crippen molar-refractivity contribution in [1.82, 2.24) is 5.43 Å². The summed E-state index contributed by atoms with van der Waals surface area (Å²) < 4.78 is 5.12. The maximum absolute atomic E-state index is 11.9. The molecule has 2 amide bonds. The molecule has 8 heteroatoms. The fourth-order valence-electron chi connectivity index (χ4n) is 1.72. The quantitative estimate of drug-likeness (QED) is 0.544. The molecule has 0 aliphatic carbocycles. The SMILES string of the molecule is NC(=O)COc1ccc(/C=N\NC(=O)c2cc(Cl)ccc2O)cc1. The molecule has 0 bridgehead atoms. The van der Waals surface area contributed by atoms with Crippen LogP contribution in [0.15, 0.2) is 47.6 Å². The lowest BCUT2D eigenvalue weighted by Crippen LogP contribution is -2.20. The molecule has 2 aromatic rings. The minimum atomic E-state index is -0.590. The maximum atomic E-state index is 11.9. The smallest absolute Gasteiger partial charge is 0.275 e. The van der Waals surface area contributed by atoms with Crippen molar-refractivity contribution in [2.24, 2.45) is 10.8 Å². The molecule has 0 aromatic heterocycles. The molecular weight excluding hydrogens is 334 g/mol. The van der Waals surface area contributed by atoms with Crippen molar-refractivity contribution in [3.05, 3.63) is 58.6 Å². The van der Waals surface area contributed by atoms with Gasteiger partial charge in [-0.25, -0.2) is 5.43 Å². The number of primary amides is 1. The average Bonchev–Trinajstić information content (AvgIpc) is 2.56. The lowest BCUT2D eigenvalue weighted by atomic mass is 10.2. The molecule has 24 heavy (non-hydrogen) atoms. The summed E-state index contributed by atoms with van der Waals surface area (Å²) >= 11 is 5.78. The zero-order valence-corrected chi connectivity index (χ0v) is 13.2. The number of hydrazone groups is 1. The molecule has 0 fully saturated rings. The highest BCUT2D eigenvalue weighted by Crippen LogP contribution is 2.21. The van der Waals surface area contributed by atoms with Crippen molar-refractivity contribution in [1.29, 1.82) is 0 Å². The van der Waals surface area contributed by atoms with E-state index in [4.69, 9.17) is 22.1 Å². The molecule has 124 valence electrons. The first-order valence-corrected chi connectivity index (χ1v) is 7.16. The molecule has 0 heterocycles. The van der Waals surface area contributed by atoms with Gasteiger partial charge in [-0.3, -0.25) is 9.59 Å². The van der Waals surface area contributed by atoms with Crippen LogP contribution in [0.3, 0.4) is 0 Å². The van der Waals surface area contributed by atoms with Crippen LogP contribution < -0.4 is 15.9 Å². The van der Waals surface area contributed by atoms with Gasteiger partial charge >= 0.3 is 0 Å². The van der Waals surface area contributed by atoms with E-state index in [-0.39, 0.29) is 17.9 Å². The predicted octanol–water partition coefficient (Wildman–Crippen LogP) is 1.67. The summed E-state index contributed by atoms with van der Waals surface area (Å²) in [5.74, 6) is -0.859. The first kappa shape index (κ1) is 17.3. The molecule has 0 unspecified atom stereocenters. The summed E-state index contributed by atoms with van der Waals surface area (Å²) in [5.41, 5.74) is 7.99. The van der Waals surface area contributed by atoms with Crippen molar-refractivity contribution < 1.29 is 19.4 Å². The predicted molar refractivity (Wildman–Crippen MR) is 89.3 cm³/mol. The average molecular weight is 348 g/mol. The van der Waals surface area contributed by atoms with Gasteiger partial charge in [0.05, 0.1) is 11.8 Å². The van der Waals surface area contributed by atoms with Gasteiger partial charge in [-0.1, -0.05) is 11.6 Å². The van der Waals surface area contributed by atoms with Gasteiger partial charge in [0.1, 0.15) is 11.5 Å². The van der Waals surface area contributed by atoms with Crippen molar-refractivity contribution >= 4 is 29.6 Å². The van der Waals surface area contributed by atoms with Gasteiger partial charge in [-0.05, 0) is 48.0 Å². The monoisotopic (exact) mass is 347 g/mol. The number of hydrogen-bond acceptors (Lipinski definition) is 5. The Kier molecular flexibility index (Phi) is 5.75. The van der Waals surface area contributed by atoms with E-state index in [1.165, 1.54) is 24.4 Å². The maximum Gasteiger partial charge on any atom is 0.275 e. The number of carbonyl (C=O) groups is 2. The number of amides is 2. The van der Waals surface area contributed by atoms with Crippen LogP contribution in [0.5, 0.6) is 11.5 Å². The number of aromatic hydroxyl groups is 1. The molecule has 0 aliphatic heterocycles. The number of nitrogens with two attached hydrogens (primary N) is 1. The number of phenols is 1. The number of ether oxygens (including phenoxy) is 1. The van der Waals surface area contributed by atoms with Crippen LogP contribution in [-0.2, 0) is 4.79 Å². The normalized spacial score (nSPS) is 10.5. The van der Waals surface area contributed by atoms with Crippen LogP contribution in [-0.4, -0.2) is 29.7 Å². The van der Waals surface area contributed by atoms with Gasteiger partial charge in [0, 0.05) is 5.02 Å². The standard InChI is InChI=1S/C16H14ClN3O4/c17-11-3-6-14(21)13(7-11)16(23)20-19-8-10-1-4-12(5-2-10)24-9-15(18)22/h1-8,21H,9H2,(H2,18,22)(H,20,23)/b19-8-. The van der Waals surface area contributed by atoms with Crippen LogP contribution in [0, 0.1) is 0 Å². The lowest BCUT2D eigenvalue weighted by molar-refractivity contribution is -0.119. The Morgan fingerprint density at radius 1 is 1.25 bits per heavy atom. The highest BCUT2D eigenvalue weighted by atomic mass is 35.5. The van der Waals surface area contributed by atoms with Crippen LogP contribution >= 0.6 is 11.6 Å². The van der Waals surface area contributed by atoms with Gasteiger partial charge in [0.25, 0.3) is 11.8 Å². The number of benzene rings is 2. The second kappa shape index (κ2) is 7.98. The zero-order chi connectivity index (χ0) is 17.5. The van der Waals surface area contributed by atoms with Crippen LogP contribution in [0.2, 0.25) is 5.02 Å². The fourth-order valence-corrected chi connectivity index (χ4v) is 1.89. The summed E-state index contributed by atoms with van der Waals surface area (Å²) in [7, 11) is 0. The molecular formula is C16H14ClN3O4. The third-order valence-electron chi connectivity index (χ3n) is 2.84. The van der Waals surface area contributed by atoms with Gasteiger partial charge in [0.2, 0.25) is 0 Å². The number of phenolic OH excluding ortho intramolecular Hbond substituents is 1. The van der Waals surface area contributed by atoms with Gasteiger partial charge < -0.3 is 15.6 Å². The first-order valence-electron chi connectivity index (χ1n) is 6.79. The molecule has 2 rings (SSSR count). The molecule has 4 N–H and O–H groups in total. The van der Waals surface area contributed by atoms with Crippen molar-refractivity contribution in [3.8, 4) is 11.5 Å². The lowest BCUT2D eigenvalue weighted by Gasteiger charge is -2.04. The molecule has 0 radical (unpaired) electrons. The minimum absolute atomic E-state index is 0.0230. The van der Waals surface area contributed by atoms with Crippen LogP contribution in [0.1, 0.15) is 15.9 Å². The number of carbonyl (C=O) groups excluding carboxylic acids is 2. The number of hydrogen-bond donors (Lipinski definition) is 3. The van der Waals surface area contributed by atoms with Crippen molar-refractivity contribution in [2.75, 3.05) is 6.61 Å². The highest BCUT2D eigenvalue weighted by molar-refractivity contribution is 6.31. The van der Waals surface area contributed by atoms with Crippen LogP contribution in [0.25, 0.3) is 0 Å². The Bertz CT molecular complexity index is 775. The Morgan fingerprint density at radius 3 is 2.62 bits per heavy atom. The summed E-state index contributed by atoms with van der Waals surface area (Å²) in [6, 6.07) is 10.8. The van der Waals surface area contributed by atoms with Gasteiger partial charge in [-0.2, -0.15) is 5.10 Å². The fraction of sp³-hybridized carbons (Fsp3) is 0.0625. The molecule has 0 spiro atoms. The Morgan fingerprint density at radius 2 is 1.96 bits per heavy atom. The highest BCUT2D eigenvalue weighted by Gasteiger charge is 2.10. The van der Waals surface area contributed by atoms with E-state index in [0.29, 0.717) is 16.3 Å². The van der Waals surface area contributed by atoms with E-state index < -0.39 is 11.8 Å². The number of nitrogens with zero attached hydrogens (tertiary/aromatic N) is 1. The third-order valence-corrected chi connectivity index (χ3v) is 3.08. The summed E-state index contributed by atoms with van der Waals surface area (Å²) in [6.45, 7) is -0.202. The van der Waals surface area contributed by atoms with E-state index in [9.17, 15) is 14.7 Å². The third kappa shape index (κ3) is 4.99. The van der Waals surface area contributed by atoms with E-state index in [2.05, 4.69) is 10.5 Å². The number of rotatable bonds is 6. The molecule has 0 atom stereocenters. The summed E-state index contributed by atoms with van der Waals surface area (Å²) in [6.07, 6.45) is 1.41. The van der Waals surface area contributed by atoms with E-state index in [1.54, 1.807) is 24.3 Å². The topological polar surface area (TPSA) is 114 Å². The van der Waals surface area contributed by atoms with Gasteiger partial charge in [0.15, 0.2) is 6.61 Å². The summed E-state index contributed by atoms with van der Waals surface area (Å²) in [4.78, 5) is 22.5. The second-order valence-electron chi connectivity index (χ2n) is 4.68.